The average molecular weight is 414 g/mol. The standard InChI is InChI=1S/C15H14Br2N2O2/c16-13-8-12(21-15(13)17)9-18-10-3-1-4-11(7-10)19-6-2-5-14(19)20/h1,3-4,7-8,18H,2,5-6,9H2. The summed E-state index contributed by atoms with van der Waals surface area (Å²) in [6, 6.07) is 9.82. The van der Waals surface area contributed by atoms with Gasteiger partial charge >= 0.3 is 0 Å². The van der Waals surface area contributed by atoms with Crippen molar-refractivity contribution in [2.45, 2.75) is 19.4 Å². The third-order valence-electron chi connectivity index (χ3n) is 3.39. The number of nitrogens with one attached hydrogen (secondary N) is 1. The molecular weight excluding hydrogens is 400 g/mol. The van der Waals surface area contributed by atoms with Crippen LogP contribution in [0, 0.1) is 0 Å². The molecule has 4 nitrogen and oxygen atoms in total. The molecule has 21 heavy (non-hydrogen) atoms. The maximum absolute atomic E-state index is 11.8. The van der Waals surface area contributed by atoms with E-state index < -0.39 is 0 Å². The number of hydrogen-bond acceptors (Lipinski definition) is 3. The number of amides is 1. The highest BCUT2D eigenvalue weighted by Gasteiger charge is 2.21. The largest absolute Gasteiger partial charge is 0.451 e. The van der Waals surface area contributed by atoms with E-state index in [9.17, 15) is 4.79 Å². The lowest BCUT2D eigenvalue weighted by atomic mass is 10.2. The smallest absolute Gasteiger partial charge is 0.227 e. The van der Waals surface area contributed by atoms with Crippen LogP contribution in [-0.2, 0) is 11.3 Å². The third-order valence-corrected chi connectivity index (χ3v) is 5.10. The van der Waals surface area contributed by atoms with Gasteiger partial charge in [-0.2, -0.15) is 0 Å². The number of furan rings is 1. The molecule has 0 aliphatic carbocycles. The van der Waals surface area contributed by atoms with Crippen molar-refractivity contribution in [2.75, 3.05) is 16.8 Å². The maximum Gasteiger partial charge on any atom is 0.227 e. The van der Waals surface area contributed by atoms with Gasteiger partial charge in [-0.05, 0) is 62.5 Å². The van der Waals surface area contributed by atoms with Gasteiger partial charge in [-0.25, -0.2) is 0 Å². The second-order valence-electron chi connectivity index (χ2n) is 4.89. The Balaban J connectivity index is 1.70. The summed E-state index contributed by atoms with van der Waals surface area (Å²) in [5, 5.41) is 3.31. The summed E-state index contributed by atoms with van der Waals surface area (Å²) in [5.41, 5.74) is 1.92. The van der Waals surface area contributed by atoms with Gasteiger partial charge in [0.2, 0.25) is 5.91 Å². The van der Waals surface area contributed by atoms with Crippen LogP contribution in [0.25, 0.3) is 0 Å². The number of anilines is 2. The Labute approximate surface area is 139 Å². The lowest BCUT2D eigenvalue weighted by molar-refractivity contribution is -0.117. The molecule has 0 saturated carbocycles. The zero-order valence-electron chi connectivity index (χ0n) is 11.2. The van der Waals surface area contributed by atoms with Crippen molar-refractivity contribution in [1.29, 1.82) is 0 Å². The predicted molar refractivity (Wildman–Crippen MR) is 89.5 cm³/mol. The van der Waals surface area contributed by atoms with Crippen molar-refractivity contribution < 1.29 is 9.21 Å². The Morgan fingerprint density at radius 2 is 2.14 bits per heavy atom. The predicted octanol–water partition coefficient (Wildman–Crippen LogP) is 4.54. The van der Waals surface area contributed by atoms with Crippen molar-refractivity contribution in [3.8, 4) is 0 Å². The van der Waals surface area contributed by atoms with Gasteiger partial charge in [-0.15, -0.1) is 0 Å². The molecule has 1 aromatic carbocycles. The topological polar surface area (TPSA) is 45.5 Å². The highest BCUT2D eigenvalue weighted by Crippen LogP contribution is 2.28. The lowest BCUT2D eigenvalue weighted by Gasteiger charge is -2.16. The molecular formula is C15H14Br2N2O2. The summed E-state index contributed by atoms with van der Waals surface area (Å²) in [5.74, 6) is 1.03. The first-order valence-corrected chi connectivity index (χ1v) is 8.30. The summed E-state index contributed by atoms with van der Waals surface area (Å²) < 4.78 is 7.12. The van der Waals surface area contributed by atoms with Gasteiger partial charge in [-0.1, -0.05) is 6.07 Å². The van der Waals surface area contributed by atoms with E-state index >= 15 is 0 Å². The molecule has 0 atom stereocenters. The van der Waals surface area contributed by atoms with Gasteiger partial charge in [0.1, 0.15) is 5.76 Å². The second-order valence-corrected chi connectivity index (χ2v) is 6.46. The van der Waals surface area contributed by atoms with E-state index in [0.29, 0.717) is 17.6 Å². The Hall–Kier alpha value is -1.27. The van der Waals surface area contributed by atoms with Crippen LogP contribution >= 0.6 is 31.9 Å². The summed E-state index contributed by atoms with van der Waals surface area (Å²) in [6.45, 7) is 1.39. The Kier molecular flexibility index (Phi) is 4.35. The van der Waals surface area contributed by atoms with Gasteiger partial charge in [0, 0.05) is 24.3 Å². The minimum absolute atomic E-state index is 0.200. The fourth-order valence-corrected chi connectivity index (χ4v) is 3.03. The van der Waals surface area contributed by atoms with E-state index in [1.54, 1.807) is 0 Å². The Morgan fingerprint density at radius 3 is 2.81 bits per heavy atom. The molecule has 1 aromatic heterocycles. The Bertz CT molecular complexity index is 650. The van der Waals surface area contributed by atoms with Crippen LogP contribution < -0.4 is 10.2 Å². The maximum atomic E-state index is 11.8. The fourth-order valence-electron chi connectivity index (χ4n) is 2.37. The molecule has 1 amide bonds. The van der Waals surface area contributed by atoms with Crippen molar-refractivity contribution in [1.82, 2.24) is 0 Å². The lowest BCUT2D eigenvalue weighted by Crippen LogP contribution is -2.23. The zero-order chi connectivity index (χ0) is 14.8. The van der Waals surface area contributed by atoms with Gasteiger partial charge in [0.05, 0.1) is 11.0 Å². The molecule has 3 rings (SSSR count). The highest BCUT2D eigenvalue weighted by atomic mass is 79.9. The monoisotopic (exact) mass is 412 g/mol. The number of nitrogens with zero attached hydrogens (tertiary/aromatic N) is 1. The minimum atomic E-state index is 0.200. The van der Waals surface area contributed by atoms with Crippen LogP contribution in [0.1, 0.15) is 18.6 Å². The molecule has 2 aromatic rings. The molecule has 6 heteroatoms. The number of halogens is 2. The molecule has 0 spiro atoms. The molecule has 0 unspecified atom stereocenters. The van der Waals surface area contributed by atoms with Gasteiger partial charge in [-0.3, -0.25) is 4.79 Å². The number of rotatable bonds is 4. The first-order valence-electron chi connectivity index (χ1n) is 6.71. The van der Waals surface area contributed by atoms with E-state index in [4.69, 9.17) is 4.42 Å². The molecule has 2 heterocycles. The zero-order valence-corrected chi connectivity index (χ0v) is 14.4. The van der Waals surface area contributed by atoms with E-state index in [1.807, 2.05) is 35.2 Å². The molecule has 1 fully saturated rings. The van der Waals surface area contributed by atoms with Crippen molar-refractivity contribution in [3.63, 3.8) is 0 Å². The third kappa shape index (κ3) is 3.32. The van der Waals surface area contributed by atoms with E-state index in [0.717, 1.165) is 34.6 Å². The molecule has 1 aliphatic rings. The van der Waals surface area contributed by atoms with Gasteiger partial charge < -0.3 is 14.6 Å². The SMILES string of the molecule is O=C1CCCN1c1cccc(NCc2cc(Br)c(Br)o2)c1. The fraction of sp³-hybridized carbons (Fsp3) is 0.267. The van der Waals surface area contributed by atoms with Crippen LogP contribution in [0.2, 0.25) is 0 Å². The summed E-state index contributed by atoms with van der Waals surface area (Å²) >= 11 is 6.71. The average Bonchev–Trinajstić information content (AvgIpc) is 3.03. The molecule has 0 bridgehead atoms. The normalized spacial score (nSPS) is 14.8. The number of benzene rings is 1. The molecule has 0 radical (unpaired) electrons. The van der Waals surface area contributed by atoms with Gasteiger partial charge in [0.25, 0.3) is 0 Å². The van der Waals surface area contributed by atoms with Gasteiger partial charge in [0.15, 0.2) is 4.67 Å². The van der Waals surface area contributed by atoms with Crippen LogP contribution in [0.4, 0.5) is 11.4 Å². The van der Waals surface area contributed by atoms with E-state index in [-0.39, 0.29) is 5.91 Å². The van der Waals surface area contributed by atoms with Crippen LogP contribution in [-0.4, -0.2) is 12.5 Å². The molecule has 110 valence electrons. The number of hydrogen-bond donors (Lipinski definition) is 1. The first-order chi connectivity index (χ1) is 10.1. The highest BCUT2D eigenvalue weighted by molar-refractivity contribution is 9.13. The minimum Gasteiger partial charge on any atom is -0.451 e. The molecule has 1 saturated heterocycles. The molecule has 1 aliphatic heterocycles. The molecule has 1 N–H and O–H groups in total. The van der Waals surface area contributed by atoms with E-state index in [1.165, 1.54) is 0 Å². The van der Waals surface area contributed by atoms with Crippen LogP contribution in [0.15, 0.2) is 43.9 Å². The van der Waals surface area contributed by atoms with Crippen LogP contribution in [0.3, 0.4) is 0 Å². The number of carbonyl (C=O) groups is 1. The first kappa shape index (κ1) is 14.7. The van der Waals surface area contributed by atoms with Crippen LogP contribution in [0.5, 0.6) is 0 Å². The van der Waals surface area contributed by atoms with Crippen molar-refractivity contribution in [2.24, 2.45) is 0 Å². The van der Waals surface area contributed by atoms with Crippen molar-refractivity contribution >= 4 is 49.1 Å². The van der Waals surface area contributed by atoms with Crippen molar-refractivity contribution in [3.05, 3.63) is 45.2 Å². The van der Waals surface area contributed by atoms with E-state index in [2.05, 4.69) is 37.2 Å². The summed E-state index contributed by atoms with van der Waals surface area (Å²) in [7, 11) is 0. The second kappa shape index (κ2) is 6.23. The summed E-state index contributed by atoms with van der Waals surface area (Å²) in [4.78, 5) is 13.6. The summed E-state index contributed by atoms with van der Waals surface area (Å²) in [6.07, 6.45) is 1.58. The Morgan fingerprint density at radius 1 is 1.29 bits per heavy atom. The number of carbonyl (C=O) groups excluding carboxylic acids is 1. The quantitative estimate of drug-likeness (QED) is 0.799.